The predicted octanol–water partition coefficient (Wildman–Crippen LogP) is 3.66. The van der Waals surface area contributed by atoms with Crippen molar-refractivity contribution in [3.63, 3.8) is 0 Å². The van der Waals surface area contributed by atoms with Gasteiger partial charge in [-0.2, -0.15) is 0 Å². The molecule has 1 aromatic heterocycles. The number of hydrogen-bond donors (Lipinski definition) is 0. The average molecular weight is 504 g/mol. The van der Waals surface area contributed by atoms with Crippen LogP contribution in [0.15, 0.2) is 73.3 Å². The van der Waals surface area contributed by atoms with Gasteiger partial charge in [-0.15, -0.1) is 16.8 Å². The highest BCUT2D eigenvalue weighted by atomic mass is 19.1. The van der Waals surface area contributed by atoms with E-state index in [9.17, 15) is 14.0 Å². The van der Waals surface area contributed by atoms with Crippen LogP contribution in [0.25, 0.3) is 11.3 Å². The molecule has 0 bridgehead atoms. The van der Waals surface area contributed by atoms with Gasteiger partial charge in [0.05, 0.1) is 12.8 Å². The number of halogens is 1. The van der Waals surface area contributed by atoms with E-state index in [0.717, 1.165) is 24.3 Å². The fourth-order valence-electron chi connectivity index (χ4n) is 4.22. The number of nitrogens with zero attached hydrogens (tertiary/aromatic N) is 5. The standard InChI is InChI=1S/C28H30FN5O3/c1-3-15-34(28(36)22-7-11-24(37-2)12-8-22)20-27(35)33-17-4-16-32(18-19-33)26-14-13-25(30-31-26)21-5-9-23(29)10-6-21/h3,5-14H,1,4,15-20H2,2H3. The minimum absolute atomic E-state index is 0.0247. The zero-order valence-corrected chi connectivity index (χ0v) is 20.8. The fourth-order valence-corrected chi connectivity index (χ4v) is 4.22. The van der Waals surface area contributed by atoms with E-state index >= 15 is 0 Å². The van der Waals surface area contributed by atoms with Crippen LogP contribution in [-0.4, -0.2) is 78.2 Å². The number of ether oxygens (including phenoxy) is 1. The second-order valence-electron chi connectivity index (χ2n) is 8.71. The Bertz CT molecular complexity index is 1220. The molecule has 8 nitrogen and oxygen atoms in total. The second kappa shape index (κ2) is 12.1. The molecule has 9 heteroatoms. The molecule has 4 rings (SSSR count). The summed E-state index contributed by atoms with van der Waals surface area (Å²) in [5.41, 5.74) is 1.95. The van der Waals surface area contributed by atoms with Gasteiger partial charge in [-0.05, 0) is 67.1 Å². The van der Waals surface area contributed by atoms with Crippen LogP contribution in [0.1, 0.15) is 16.8 Å². The van der Waals surface area contributed by atoms with Crippen LogP contribution < -0.4 is 9.64 Å². The minimum atomic E-state index is -0.297. The first-order chi connectivity index (χ1) is 18.0. The molecule has 0 spiro atoms. The Morgan fingerprint density at radius 2 is 1.76 bits per heavy atom. The van der Waals surface area contributed by atoms with Gasteiger partial charge in [-0.25, -0.2) is 4.39 Å². The van der Waals surface area contributed by atoms with Crippen LogP contribution in [0.3, 0.4) is 0 Å². The van der Waals surface area contributed by atoms with Gasteiger partial charge in [-0.3, -0.25) is 9.59 Å². The maximum absolute atomic E-state index is 13.2. The van der Waals surface area contributed by atoms with Gasteiger partial charge in [0.25, 0.3) is 5.91 Å². The van der Waals surface area contributed by atoms with Crippen molar-refractivity contribution in [2.45, 2.75) is 6.42 Å². The molecular formula is C28H30FN5O3. The largest absolute Gasteiger partial charge is 0.497 e. The lowest BCUT2D eigenvalue weighted by Crippen LogP contribution is -2.44. The highest BCUT2D eigenvalue weighted by Crippen LogP contribution is 2.20. The Labute approximate surface area is 216 Å². The summed E-state index contributed by atoms with van der Waals surface area (Å²) in [5.74, 6) is 0.747. The Morgan fingerprint density at radius 3 is 2.41 bits per heavy atom. The molecular weight excluding hydrogens is 473 g/mol. The maximum atomic E-state index is 13.2. The second-order valence-corrected chi connectivity index (χ2v) is 8.71. The predicted molar refractivity (Wildman–Crippen MR) is 140 cm³/mol. The molecule has 1 aliphatic rings. The molecule has 0 atom stereocenters. The Kier molecular flexibility index (Phi) is 8.45. The van der Waals surface area contributed by atoms with E-state index in [1.807, 2.05) is 12.1 Å². The first kappa shape index (κ1) is 25.8. The zero-order valence-electron chi connectivity index (χ0n) is 20.8. The van der Waals surface area contributed by atoms with Gasteiger partial charge < -0.3 is 19.4 Å². The third kappa shape index (κ3) is 6.49. The molecule has 0 aliphatic carbocycles. The first-order valence-electron chi connectivity index (χ1n) is 12.1. The normalized spacial score (nSPS) is 13.6. The van der Waals surface area contributed by atoms with Crippen LogP contribution in [0, 0.1) is 5.82 Å². The van der Waals surface area contributed by atoms with Crippen LogP contribution in [0.4, 0.5) is 10.2 Å². The van der Waals surface area contributed by atoms with Crippen LogP contribution in [0.5, 0.6) is 5.75 Å². The summed E-state index contributed by atoms with van der Waals surface area (Å²) in [5, 5.41) is 8.66. The molecule has 2 aromatic carbocycles. The highest BCUT2D eigenvalue weighted by molar-refractivity contribution is 5.96. The van der Waals surface area contributed by atoms with Crippen molar-refractivity contribution in [1.82, 2.24) is 20.0 Å². The number of benzene rings is 2. The smallest absolute Gasteiger partial charge is 0.254 e. The van der Waals surface area contributed by atoms with E-state index in [-0.39, 0.29) is 30.7 Å². The summed E-state index contributed by atoms with van der Waals surface area (Å²) in [6.07, 6.45) is 2.38. The molecule has 3 aromatic rings. The van der Waals surface area contributed by atoms with E-state index in [4.69, 9.17) is 4.74 Å². The number of aromatic nitrogens is 2. The number of hydrogen-bond acceptors (Lipinski definition) is 6. The SMILES string of the molecule is C=CCN(CC(=O)N1CCCN(c2ccc(-c3ccc(F)cc3)nn2)CC1)C(=O)c1ccc(OC)cc1. The molecule has 0 unspecified atom stereocenters. The summed E-state index contributed by atoms with van der Waals surface area (Å²) >= 11 is 0. The van der Waals surface area contributed by atoms with Crippen LogP contribution in [-0.2, 0) is 4.79 Å². The summed E-state index contributed by atoms with van der Waals surface area (Å²) < 4.78 is 18.3. The fraction of sp³-hybridized carbons (Fsp3) is 0.286. The van der Waals surface area contributed by atoms with Crippen LogP contribution >= 0.6 is 0 Å². The molecule has 2 amide bonds. The molecule has 192 valence electrons. The minimum Gasteiger partial charge on any atom is -0.497 e. The van der Waals surface area contributed by atoms with Crippen LogP contribution in [0.2, 0.25) is 0 Å². The number of carbonyl (C=O) groups excluding carboxylic acids is 2. The Balaban J connectivity index is 1.36. The molecule has 0 N–H and O–H groups in total. The highest BCUT2D eigenvalue weighted by Gasteiger charge is 2.24. The Hall–Kier alpha value is -4.27. The van der Waals surface area contributed by atoms with Crippen molar-refractivity contribution in [2.24, 2.45) is 0 Å². The molecule has 0 radical (unpaired) electrons. The molecule has 37 heavy (non-hydrogen) atoms. The lowest BCUT2D eigenvalue weighted by Gasteiger charge is -2.26. The van der Waals surface area contributed by atoms with Gasteiger partial charge in [0.2, 0.25) is 5.91 Å². The van der Waals surface area contributed by atoms with Gasteiger partial charge in [-0.1, -0.05) is 6.08 Å². The molecule has 1 saturated heterocycles. The molecule has 2 heterocycles. The summed E-state index contributed by atoms with van der Waals surface area (Å²) in [6.45, 7) is 6.42. The van der Waals surface area contributed by atoms with Gasteiger partial charge in [0, 0.05) is 43.9 Å². The van der Waals surface area contributed by atoms with E-state index in [1.54, 1.807) is 54.5 Å². The third-order valence-corrected chi connectivity index (χ3v) is 6.26. The number of anilines is 1. The monoisotopic (exact) mass is 503 g/mol. The summed E-state index contributed by atoms with van der Waals surface area (Å²) in [7, 11) is 1.57. The summed E-state index contributed by atoms with van der Waals surface area (Å²) in [6, 6.07) is 16.7. The maximum Gasteiger partial charge on any atom is 0.254 e. The Morgan fingerprint density at radius 1 is 1.00 bits per heavy atom. The number of carbonyl (C=O) groups is 2. The number of rotatable bonds is 8. The first-order valence-corrected chi connectivity index (χ1v) is 12.1. The lowest BCUT2D eigenvalue weighted by atomic mass is 10.1. The third-order valence-electron chi connectivity index (χ3n) is 6.26. The zero-order chi connectivity index (χ0) is 26.2. The number of methoxy groups -OCH3 is 1. The molecule has 0 saturated carbocycles. The van der Waals surface area contributed by atoms with E-state index in [2.05, 4.69) is 21.7 Å². The topological polar surface area (TPSA) is 78.9 Å². The molecule has 1 fully saturated rings. The van der Waals surface area contributed by atoms with Crippen molar-refractivity contribution in [3.05, 3.63) is 84.7 Å². The van der Waals surface area contributed by atoms with Gasteiger partial charge in [0.1, 0.15) is 18.1 Å². The van der Waals surface area contributed by atoms with Crippen molar-refractivity contribution in [2.75, 3.05) is 51.3 Å². The lowest BCUT2D eigenvalue weighted by molar-refractivity contribution is -0.131. The average Bonchev–Trinajstić information content (AvgIpc) is 3.20. The van der Waals surface area contributed by atoms with Crippen molar-refractivity contribution >= 4 is 17.6 Å². The molecule has 1 aliphatic heterocycles. The van der Waals surface area contributed by atoms with Gasteiger partial charge >= 0.3 is 0 Å². The summed E-state index contributed by atoms with van der Waals surface area (Å²) in [4.78, 5) is 31.6. The van der Waals surface area contributed by atoms with Crippen molar-refractivity contribution < 1.29 is 18.7 Å². The van der Waals surface area contributed by atoms with E-state index in [1.165, 1.54) is 17.0 Å². The van der Waals surface area contributed by atoms with E-state index in [0.29, 0.717) is 36.6 Å². The van der Waals surface area contributed by atoms with Crippen molar-refractivity contribution in [3.8, 4) is 17.0 Å². The number of amides is 2. The van der Waals surface area contributed by atoms with E-state index < -0.39 is 0 Å². The quantitative estimate of drug-likeness (QED) is 0.437. The van der Waals surface area contributed by atoms with Gasteiger partial charge in [0.15, 0.2) is 5.82 Å². The van der Waals surface area contributed by atoms with Crippen molar-refractivity contribution in [1.29, 1.82) is 0 Å².